The summed E-state index contributed by atoms with van der Waals surface area (Å²) >= 11 is 0.644. The summed E-state index contributed by atoms with van der Waals surface area (Å²) in [4.78, 5) is 25.7. The zero-order valence-electron chi connectivity index (χ0n) is 16.5. The average molecular weight is 453 g/mol. The second-order valence-corrected chi connectivity index (χ2v) is 8.93. The number of hydrogen-bond donors (Lipinski definition) is 3. The highest BCUT2D eigenvalue weighted by Gasteiger charge is 2.46. The SMILES string of the molecule is NC(=O)c1nc(Sc2cccnc2C(F)(F)F)c(N)nc1N1CCC2(CC[C@H]2N)CC1. The van der Waals surface area contributed by atoms with Crippen LogP contribution >= 0.6 is 11.8 Å². The molecule has 0 unspecified atom stereocenters. The van der Waals surface area contributed by atoms with Crippen LogP contribution in [-0.2, 0) is 6.18 Å². The Morgan fingerprint density at radius 2 is 1.94 bits per heavy atom. The molecule has 4 rings (SSSR count). The second-order valence-electron chi connectivity index (χ2n) is 7.90. The highest BCUT2D eigenvalue weighted by Crippen LogP contribution is 2.48. The van der Waals surface area contributed by atoms with Gasteiger partial charge in [-0.1, -0.05) is 11.8 Å². The predicted octanol–water partition coefficient (Wildman–Crippen LogP) is 2.43. The molecule has 2 aliphatic rings. The summed E-state index contributed by atoms with van der Waals surface area (Å²) in [6.45, 7) is 1.24. The highest BCUT2D eigenvalue weighted by atomic mass is 32.2. The van der Waals surface area contributed by atoms with Crippen LogP contribution in [0.1, 0.15) is 41.9 Å². The van der Waals surface area contributed by atoms with Crippen LogP contribution in [0.2, 0.25) is 0 Å². The lowest BCUT2D eigenvalue weighted by atomic mass is 9.60. The zero-order valence-corrected chi connectivity index (χ0v) is 17.3. The van der Waals surface area contributed by atoms with E-state index in [9.17, 15) is 18.0 Å². The van der Waals surface area contributed by atoms with Crippen molar-refractivity contribution < 1.29 is 18.0 Å². The number of piperidine rings is 1. The lowest BCUT2D eigenvalue weighted by molar-refractivity contribution is -0.143. The molecule has 3 heterocycles. The van der Waals surface area contributed by atoms with E-state index < -0.39 is 17.8 Å². The van der Waals surface area contributed by atoms with Crippen LogP contribution in [0.15, 0.2) is 28.3 Å². The molecule has 0 radical (unpaired) electrons. The Morgan fingerprint density at radius 3 is 2.48 bits per heavy atom. The summed E-state index contributed by atoms with van der Waals surface area (Å²) in [5.74, 6) is -0.658. The van der Waals surface area contributed by atoms with Crippen molar-refractivity contribution in [3.63, 3.8) is 0 Å². The lowest BCUT2D eigenvalue weighted by Crippen LogP contribution is -2.56. The Hall–Kier alpha value is -2.60. The lowest BCUT2D eigenvalue weighted by Gasteiger charge is -2.52. The minimum atomic E-state index is -4.65. The summed E-state index contributed by atoms with van der Waals surface area (Å²) in [6, 6.07) is 2.81. The van der Waals surface area contributed by atoms with E-state index in [-0.39, 0.29) is 38.7 Å². The first kappa shape index (κ1) is 21.6. The Labute approximate surface area is 180 Å². The van der Waals surface area contributed by atoms with Crippen LogP contribution in [0.25, 0.3) is 0 Å². The molecule has 2 fully saturated rings. The monoisotopic (exact) mass is 453 g/mol. The first-order valence-electron chi connectivity index (χ1n) is 9.79. The van der Waals surface area contributed by atoms with Crippen molar-refractivity contribution in [2.45, 2.75) is 47.8 Å². The van der Waals surface area contributed by atoms with E-state index in [4.69, 9.17) is 17.2 Å². The quantitative estimate of drug-likeness (QED) is 0.642. The van der Waals surface area contributed by atoms with E-state index in [2.05, 4.69) is 15.0 Å². The largest absolute Gasteiger partial charge is 0.434 e. The molecule has 12 heteroatoms. The third-order valence-corrected chi connectivity index (χ3v) is 7.19. The van der Waals surface area contributed by atoms with Crippen molar-refractivity contribution in [3.8, 4) is 0 Å². The Balaban J connectivity index is 1.63. The van der Waals surface area contributed by atoms with Gasteiger partial charge in [0, 0.05) is 30.2 Å². The second kappa shape index (κ2) is 7.83. The Morgan fingerprint density at radius 1 is 1.23 bits per heavy atom. The van der Waals surface area contributed by atoms with Gasteiger partial charge in [0.2, 0.25) is 0 Å². The number of carbonyl (C=O) groups is 1. The molecule has 1 amide bonds. The van der Waals surface area contributed by atoms with Crippen LogP contribution in [0.3, 0.4) is 0 Å². The van der Waals surface area contributed by atoms with Crippen LogP contribution in [0.5, 0.6) is 0 Å². The molecule has 0 aromatic carbocycles. The van der Waals surface area contributed by atoms with E-state index in [1.165, 1.54) is 12.1 Å². The molecule has 2 aromatic rings. The maximum absolute atomic E-state index is 13.3. The van der Waals surface area contributed by atoms with Gasteiger partial charge >= 0.3 is 6.18 Å². The van der Waals surface area contributed by atoms with Gasteiger partial charge in [-0.05, 0) is 43.2 Å². The number of amides is 1. The molecule has 1 saturated carbocycles. The number of rotatable bonds is 4. The van der Waals surface area contributed by atoms with Gasteiger partial charge in [-0.25, -0.2) is 9.97 Å². The number of carbonyl (C=O) groups excluding carboxylic acids is 1. The summed E-state index contributed by atoms with van der Waals surface area (Å²) in [7, 11) is 0. The van der Waals surface area contributed by atoms with Gasteiger partial charge in [-0.2, -0.15) is 13.2 Å². The average Bonchev–Trinajstić information content (AvgIpc) is 2.73. The number of pyridine rings is 1. The fraction of sp³-hybridized carbons (Fsp3) is 0.474. The van der Waals surface area contributed by atoms with E-state index in [1.807, 2.05) is 4.90 Å². The van der Waals surface area contributed by atoms with Gasteiger partial charge in [0.05, 0.1) is 0 Å². The number of nitrogens with zero attached hydrogens (tertiary/aromatic N) is 4. The van der Waals surface area contributed by atoms with E-state index in [0.29, 0.717) is 24.9 Å². The molecule has 1 spiro atoms. The standard InChI is InChI=1S/C19H22F3N7OS/c20-19(21,22)13-10(2-1-7-26-13)31-17-14(24)28-16(12(27-17)15(25)30)29-8-5-18(6-9-29)4-3-11(18)23/h1-2,7,11H,3-6,8-9,23H2,(H2,24,28)(H2,25,30)/t11-/m1/s1. The van der Waals surface area contributed by atoms with Gasteiger partial charge in [-0.3, -0.25) is 9.78 Å². The molecule has 1 aliphatic carbocycles. The number of nitrogens with two attached hydrogens (primary N) is 3. The van der Waals surface area contributed by atoms with Crippen molar-refractivity contribution in [2.75, 3.05) is 23.7 Å². The van der Waals surface area contributed by atoms with Crippen molar-refractivity contribution in [1.29, 1.82) is 0 Å². The van der Waals surface area contributed by atoms with Crippen molar-refractivity contribution >= 4 is 29.3 Å². The van der Waals surface area contributed by atoms with Gasteiger partial charge in [0.25, 0.3) is 5.91 Å². The number of nitrogen functional groups attached to an aromatic ring is 1. The van der Waals surface area contributed by atoms with Crippen molar-refractivity contribution in [1.82, 2.24) is 15.0 Å². The number of hydrogen-bond acceptors (Lipinski definition) is 8. The Bertz CT molecular complexity index is 1010. The van der Waals surface area contributed by atoms with Crippen LogP contribution in [-0.4, -0.2) is 40.0 Å². The minimum absolute atomic E-state index is 0.0365. The van der Waals surface area contributed by atoms with Crippen LogP contribution in [0.4, 0.5) is 24.8 Å². The molecule has 166 valence electrons. The number of anilines is 2. The topological polar surface area (TPSA) is 137 Å². The minimum Gasteiger partial charge on any atom is -0.381 e. The maximum Gasteiger partial charge on any atom is 0.434 e. The van der Waals surface area contributed by atoms with Crippen LogP contribution < -0.4 is 22.1 Å². The number of alkyl halides is 3. The molecule has 1 atom stereocenters. The van der Waals surface area contributed by atoms with Gasteiger partial charge < -0.3 is 22.1 Å². The van der Waals surface area contributed by atoms with Gasteiger partial charge in [-0.15, -0.1) is 0 Å². The highest BCUT2D eigenvalue weighted by molar-refractivity contribution is 7.99. The zero-order chi connectivity index (χ0) is 22.4. The fourth-order valence-electron chi connectivity index (χ4n) is 4.18. The third kappa shape index (κ3) is 4.01. The molecule has 0 bridgehead atoms. The summed E-state index contributed by atoms with van der Waals surface area (Å²) < 4.78 is 39.8. The smallest absolute Gasteiger partial charge is 0.381 e. The summed E-state index contributed by atoms with van der Waals surface area (Å²) in [6.07, 6.45) is 0.214. The normalized spacial score (nSPS) is 20.5. The Kier molecular flexibility index (Phi) is 5.46. The number of aromatic nitrogens is 3. The van der Waals surface area contributed by atoms with E-state index in [1.54, 1.807) is 0 Å². The van der Waals surface area contributed by atoms with Gasteiger partial charge in [0.1, 0.15) is 5.03 Å². The van der Waals surface area contributed by atoms with Crippen molar-refractivity contribution in [3.05, 3.63) is 29.7 Å². The molecule has 8 nitrogen and oxygen atoms in total. The first-order valence-corrected chi connectivity index (χ1v) is 10.6. The molecular formula is C19H22F3N7OS. The van der Waals surface area contributed by atoms with Crippen molar-refractivity contribution in [2.24, 2.45) is 16.9 Å². The maximum atomic E-state index is 13.3. The number of halogens is 3. The van der Waals surface area contributed by atoms with E-state index >= 15 is 0 Å². The number of primary amides is 1. The third-order valence-electron chi connectivity index (χ3n) is 6.15. The molecule has 1 aliphatic heterocycles. The molecular weight excluding hydrogens is 431 g/mol. The predicted molar refractivity (Wildman–Crippen MR) is 109 cm³/mol. The van der Waals surface area contributed by atoms with E-state index in [0.717, 1.165) is 31.9 Å². The molecule has 1 saturated heterocycles. The summed E-state index contributed by atoms with van der Waals surface area (Å²) in [5, 5.41) is -0.0365. The first-order chi connectivity index (χ1) is 14.6. The van der Waals surface area contributed by atoms with Crippen LogP contribution in [0, 0.1) is 5.41 Å². The fourth-order valence-corrected chi connectivity index (χ4v) is 5.09. The summed E-state index contributed by atoms with van der Waals surface area (Å²) in [5.41, 5.74) is 16.7. The molecule has 2 aromatic heterocycles. The molecule has 6 N–H and O–H groups in total. The van der Waals surface area contributed by atoms with Gasteiger partial charge in [0.15, 0.2) is 23.0 Å². The molecule has 31 heavy (non-hydrogen) atoms.